The van der Waals surface area contributed by atoms with E-state index in [4.69, 9.17) is 0 Å². The van der Waals surface area contributed by atoms with Crippen LogP contribution in [0.1, 0.15) is 68.6 Å². The summed E-state index contributed by atoms with van der Waals surface area (Å²) in [4.78, 5) is 31.4. The maximum Gasteiger partial charge on any atom is 0.255 e. The van der Waals surface area contributed by atoms with Crippen LogP contribution in [0.2, 0.25) is 0 Å². The first-order chi connectivity index (χ1) is 15.5. The summed E-state index contributed by atoms with van der Waals surface area (Å²) in [5.41, 5.74) is 1.15. The molecule has 6 aliphatic rings. The Balaban J connectivity index is 1.17. The van der Waals surface area contributed by atoms with Crippen molar-refractivity contribution in [1.82, 2.24) is 15.1 Å². The SMILES string of the molecule is CC12CCC(CC1C(=O)N1CCN(C3CCCC3)CC1)[C@]1(C2)NC(=O)c2ccccc2N1. The second-order valence-corrected chi connectivity index (χ2v) is 11.3. The number of fused-ring (bicyclic) bond motifs is 3. The van der Waals surface area contributed by atoms with Crippen molar-refractivity contribution in [3.8, 4) is 0 Å². The summed E-state index contributed by atoms with van der Waals surface area (Å²) in [7, 11) is 0. The predicted molar refractivity (Wildman–Crippen MR) is 124 cm³/mol. The van der Waals surface area contributed by atoms with Crippen LogP contribution in [0.25, 0.3) is 0 Å². The van der Waals surface area contributed by atoms with E-state index in [0.29, 0.717) is 5.91 Å². The predicted octanol–water partition coefficient (Wildman–Crippen LogP) is 3.45. The van der Waals surface area contributed by atoms with Crippen molar-refractivity contribution in [2.75, 3.05) is 31.5 Å². The number of amides is 2. The fourth-order valence-corrected chi connectivity index (χ4v) is 7.63. The Hall–Kier alpha value is -2.08. The largest absolute Gasteiger partial charge is 0.362 e. The summed E-state index contributed by atoms with van der Waals surface area (Å²) in [5, 5.41) is 7.05. The molecule has 1 aromatic rings. The van der Waals surface area contributed by atoms with Crippen molar-refractivity contribution in [2.24, 2.45) is 17.3 Å². The van der Waals surface area contributed by atoms with Crippen LogP contribution in [-0.4, -0.2) is 59.5 Å². The Bertz CT molecular complexity index is 920. The number of hydrogen-bond donors (Lipinski definition) is 2. The number of carbonyl (C=O) groups excluding carboxylic acids is 2. The topological polar surface area (TPSA) is 64.7 Å². The molecule has 4 atom stereocenters. The molecular weight excluding hydrogens is 400 g/mol. The van der Waals surface area contributed by atoms with Gasteiger partial charge in [0.15, 0.2) is 0 Å². The van der Waals surface area contributed by atoms with E-state index in [1.54, 1.807) is 0 Å². The van der Waals surface area contributed by atoms with E-state index < -0.39 is 5.66 Å². The lowest BCUT2D eigenvalue weighted by molar-refractivity contribution is -0.152. The molecular formula is C26H36N4O2. The molecule has 4 saturated carbocycles. The molecule has 2 bridgehead atoms. The molecule has 6 heteroatoms. The number of nitrogens with zero attached hydrogens (tertiary/aromatic N) is 2. The van der Waals surface area contributed by atoms with Gasteiger partial charge in [-0.2, -0.15) is 0 Å². The highest BCUT2D eigenvalue weighted by molar-refractivity contribution is 6.02. The van der Waals surface area contributed by atoms with Crippen molar-refractivity contribution in [1.29, 1.82) is 0 Å². The highest BCUT2D eigenvalue weighted by Gasteiger charge is 2.60. The average molecular weight is 437 g/mol. The van der Waals surface area contributed by atoms with Crippen molar-refractivity contribution in [2.45, 2.75) is 70.0 Å². The van der Waals surface area contributed by atoms with Gasteiger partial charge in [-0.3, -0.25) is 14.5 Å². The van der Waals surface area contributed by atoms with Crippen molar-refractivity contribution < 1.29 is 9.59 Å². The number of rotatable bonds is 2. The van der Waals surface area contributed by atoms with E-state index in [0.717, 1.165) is 69.2 Å². The first-order valence-corrected chi connectivity index (χ1v) is 12.7. The first kappa shape index (κ1) is 20.5. The molecule has 0 aromatic heterocycles. The van der Waals surface area contributed by atoms with Gasteiger partial charge in [0.1, 0.15) is 5.66 Å². The molecule has 0 radical (unpaired) electrons. The number of hydrogen-bond acceptors (Lipinski definition) is 4. The molecule has 4 aliphatic carbocycles. The maximum absolute atomic E-state index is 13.7. The Labute approximate surface area is 191 Å². The summed E-state index contributed by atoms with van der Waals surface area (Å²) < 4.78 is 0. The van der Waals surface area contributed by atoms with Gasteiger partial charge < -0.3 is 15.5 Å². The van der Waals surface area contributed by atoms with Crippen LogP contribution in [0.15, 0.2) is 24.3 Å². The van der Waals surface area contributed by atoms with E-state index in [2.05, 4.69) is 27.4 Å². The number of anilines is 1. The van der Waals surface area contributed by atoms with Gasteiger partial charge in [0.05, 0.1) is 5.56 Å². The molecule has 5 fully saturated rings. The average Bonchev–Trinajstić information content (AvgIpc) is 3.33. The Morgan fingerprint density at radius 1 is 1.03 bits per heavy atom. The van der Waals surface area contributed by atoms with E-state index in [9.17, 15) is 9.59 Å². The molecule has 1 spiro atoms. The summed E-state index contributed by atoms with van der Waals surface area (Å²) in [6.07, 6.45) is 9.21. The monoisotopic (exact) mass is 436 g/mol. The molecule has 1 aromatic carbocycles. The van der Waals surface area contributed by atoms with Crippen LogP contribution in [0.3, 0.4) is 0 Å². The lowest BCUT2D eigenvalue weighted by Crippen LogP contribution is -2.70. The molecule has 3 unspecified atom stereocenters. The second-order valence-electron chi connectivity index (χ2n) is 11.3. The molecule has 2 heterocycles. The zero-order valence-corrected chi connectivity index (χ0v) is 19.2. The fraction of sp³-hybridized carbons (Fsp3) is 0.692. The Morgan fingerprint density at radius 3 is 2.53 bits per heavy atom. The number of nitrogens with one attached hydrogen (secondary N) is 2. The van der Waals surface area contributed by atoms with E-state index in [1.807, 2.05) is 24.3 Å². The minimum atomic E-state index is -0.420. The Kier molecular flexibility index (Phi) is 4.79. The summed E-state index contributed by atoms with van der Waals surface area (Å²) in [5.74, 6) is 0.734. The quantitative estimate of drug-likeness (QED) is 0.745. The smallest absolute Gasteiger partial charge is 0.255 e. The second kappa shape index (κ2) is 7.47. The molecule has 172 valence electrons. The zero-order chi connectivity index (χ0) is 21.9. The van der Waals surface area contributed by atoms with Crippen molar-refractivity contribution in [3.05, 3.63) is 29.8 Å². The van der Waals surface area contributed by atoms with Gasteiger partial charge in [-0.15, -0.1) is 0 Å². The third-order valence-corrected chi connectivity index (χ3v) is 9.44. The van der Waals surface area contributed by atoms with Gasteiger partial charge in [0.25, 0.3) is 5.91 Å². The normalized spacial score (nSPS) is 37.3. The van der Waals surface area contributed by atoms with Crippen LogP contribution in [0.5, 0.6) is 0 Å². The number of piperazine rings is 1. The molecule has 2 N–H and O–H groups in total. The van der Waals surface area contributed by atoms with Gasteiger partial charge in [-0.25, -0.2) is 0 Å². The van der Waals surface area contributed by atoms with Crippen LogP contribution in [0.4, 0.5) is 5.69 Å². The van der Waals surface area contributed by atoms with Crippen LogP contribution in [-0.2, 0) is 4.79 Å². The third kappa shape index (κ3) is 3.17. The minimum Gasteiger partial charge on any atom is -0.362 e. The maximum atomic E-state index is 13.7. The van der Waals surface area contributed by atoms with E-state index >= 15 is 0 Å². The number of carbonyl (C=O) groups is 2. The zero-order valence-electron chi connectivity index (χ0n) is 19.2. The van der Waals surface area contributed by atoms with Crippen molar-refractivity contribution >= 4 is 17.5 Å². The number of para-hydroxylation sites is 1. The standard InChI is InChI=1S/C26H36N4O2/c1-25-11-10-18(26(17-25)27-22-9-5-4-8-20(22)23(31)28-26)16-21(25)24(32)30-14-12-29(13-15-30)19-6-2-3-7-19/h4-5,8-9,18-19,21,27H,2-3,6-7,10-17H2,1H3,(H,28,31)/t18?,21?,25?,26-/m0/s1. The van der Waals surface area contributed by atoms with Gasteiger partial charge in [-0.05, 0) is 56.1 Å². The van der Waals surface area contributed by atoms with Gasteiger partial charge >= 0.3 is 0 Å². The molecule has 1 saturated heterocycles. The first-order valence-electron chi connectivity index (χ1n) is 12.7. The van der Waals surface area contributed by atoms with Gasteiger partial charge in [0, 0.05) is 49.7 Å². The third-order valence-electron chi connectivity index (χ3n) is 9.44. The summed E-state index contributed by atoms with van der Waals surface area (Å²) in [6, 6.07) is 8.53. The molecule has 6 nitrogen and oxygen atoms in total. The lowest BCUT2D eigenvalue weighted by Gasteiger charge is -2.61. The molecule has 7 rings (SSSR count). The van der Waals surface area contributed by atoms with E-state index in [-0.39, 0.29) is 23.2 Å². The molecule has 2 aliphatic heterocycles. The van der Waals surface area contributed by atoms with Gasteiger partial charge in [0.2, 0.25) is 5.91 Å². The van der Waals surface area contributed by atoms with Crippen LogP contribution >= 0.6 is 0 Å². The number of benzene rings is 1. The van der Waals surface area contributed by atoms with E-state index in [1.165, 1.54) is 25.7 Å². The van der Waals surface area contributed by atoms with Crippen LogP contribution in [0, 0.1) is 17.3 Å². The fourth-order valence-electron chi connectivity index (χ4n) is 7.63. The van der Waals surface area contributed by atoms with Crippen LogP contribution < -0.4 is 10.6 Å². The molecule has 2 amide bonds. The Morgan fingerprint density at radius 2 is 1.78 bits per heavy atom. The molecule has 32 heavy (non-hydrogen) atoms. The minimum absolute atomic E-state index is 0.0152. The highest BCUT2D eigenvalue weighted by atomic mass is 16.2. The summed E-state index contributed by atoms with van der Waals surface area (Å²) in [6.45, 7) is 6.10. The summed E-state index contributed by atoms with van der Waals surface area (Å²) >= 11 is 0. The lowest BCUT2D eigenvalue weighted by atomic mass is 9.51. The highest BCUT2D eigenvalue weighted by Crippen LogP contribution is 2.58. The van der Waals surface area contributed by atoms with Gasteiger partial charge in [-0.1, -0.05) is 31.9 Å². The van der Waals surface area contributed by atoms with Crippen molar-refractivity contribution in [3.63, 3.8) is 0 Å².